The number of amides is 1. The zero-order valence-electron chi connectivity index (χ0n) is 9.36. The molecule has 1 heterocycles. The SMILES string of the molecule is CCCCCS(=O)(=O)NC[C@H]1CNC(=O)O1. The highest BCUT2D eigenvalue weighted by Gasteiger charge is 2.23. The second-order valence-corrected chi connectivity index (χ2v) is 5.71. The van der Waals surface area contributed by atoms with Gasteiger partial charge in [0.2, 0.25) is 10.0 Å². The highest BCUT2D eigenvalue weighted by molar-refractivity contribution is 7.89. The van der Waals surface area contributed by atoms with Crippen LogP contribution >= 0.6 is 0 Å². The van der Waals surface area contributed by atoms with Gasteiger partial charge >= 0.3 is 6.09 Å². The molecule has 1 saturated heterocycles. The maximum Gasteiger partial charge on any atom is 0.407 e. The largest absolute Gasteiger partial charge is 0.443 e. The third-order valence-corrected chi connectivity index (χ3v) is 3.73. The quantitative estimate of drug-likeness (QED) is 0.632. The molecule has 16 heavy (non-hydrogen) atoms. The number of sulfonamides is 1. The molecule has 0 unspecified atom stereocenters. The lowest BCUT2D eigenvalue weighted by Gasteiger charge is -2.09. The molecule has 1 rings (SSSR count). The number of carbonyl (C=O) groups excluding carboxylic acids is 1. The van der Waals surface area contributed by atoms with Crippen molar-refractivity contribution in [1.29, 1.82) is 0 Å². The maximum absolute atomic E-state index is 11.5. The molecule has 0 saturated carbocycles. The van der Waals surface area contributed by atoms with Crippen molar-refractivity contribution in [1.82, 2.24) is 10.0 Å². The number of alkyl carbamates (subject to hydrolysis) is 1. The minimum atomic E-state index is -3.23. The Hall–Kier alpha value is -0.820. The van der Waals surface area contributed by atoms with Crippen molar-refractivity contribution in [3.8, 4) is 0 Å². The molecule has 0 aromatic heterocycles. The second kappa shape index (κ2) is 6.05. The van der Waals surface area contributed by atoms with Crippen LogP contribution in [0.2, 0.25) is 0 Å². The van der Waals surface area contributed by atoms with Crippen LogP contribution in [-0.4, -0.2) is 39.5 Å². The van der Waals surface area contributed by atoms with Crippen LogP contribution in [0.25, 0.3) is 0 Å². The predicted octanol–water partition coefficient (Wildman–Crippen LogP) is 0.204. The summed E-state index contributed by atoms with van der Waals surface area (Å²) >= 11 is 0. The third-order valence-electron chi connectivity index (χ3n) is 2.30. The lowest BCUT2D eigenvalue weighted by atomic mass is 10.3. The van der Waals surface area contributed by atoms with Gasteiger partial charge in [-0.1, -0.05) is 19.8 Å². The molecule has 0 aromatic carbocycles. The lowest BCUT2D eigenvalue weighted by Crippen LogP contribution is -2.35. The highest BCUT2D eigenvalue weighted by Crippen LogP contribution is 2.01. The Morgan fingerprint density at radius 3 is 2.81 bits per heavy atom. The Morgan fingerprint density at radius 2 is 2.25 bits per heavy atom. The van der Waals surface area contributed by atoms with E-state index in [-0.39, 0.29) is 12.3 Å². The number of hydrogen-bond donors (Lipinski definition) is 2. The molecule has 1 atom stereocenters. The summed E-state index contributed by atoms with van der Waals surface area (Å²) in [4.78, 5) is 10.7. The fraction of sp³-hybridized carbons (Fsp3) is 0.889. The van der Waals surface area contributed by atoms with Gasteiger partial charge in [0.05, 0.1) is 12.3 Å². The summed E-state index contributed by atoms with van der Waals surface area (Å²) in [6.45, 7) is 2.52. The summed E-state index contributed by atoms with van der Waals surface area (Å²) in [5.41, 5.74) is 0. The van der Waals surface area contributed by atoms with Gasteiger partial charge in [0.1, 0.15) is 6.10 Å². The van der Waals surface area contributed by atoms with Crippen LogP contribution in [0.5, 0.6) is 0 Å². The molecule has 7 heteroatoms. The minimum Gasteiger partial charge on any atom is -0.443 e. The van der Waals surface area contributed by atoms with E-state index in [2.05, 4.69) is 10.0 Å². The summed E-state index contributed by atoms with van der Waals surface area (Å²) < 4.78 is 30.2. The van der Waals surface area contributed by atoms with Crippen LogP contribution in [0.4, 0.5) is 4.79 Å². The van der Waals surface area contributed by atoms with E-state index < -0.39 is 22.2 Å². The molecule has 0 aromatic rings. The first-order valence-corrected chi connectivity index (χ1v) is 7.10. The lowest BCUT2D eigenvalue weighted by molar-refractivity contribution is 0.142. The van der Waals surface area contributed by atoms with Crippen LogP contribution in [0, 0.1) is 0 Å². The normalized spacial score (nSPS) is 20.6. The minimum absolute atomic E-state index is 0.134. The van der Waals surface area contributed by atoms with Gasteiger partial charge in [-0.15, -0.1) is 0 Å². The van der Waals surface area contributed by atoms with Gasteiger partial charge in [0, 0.05) is 6.54 Å². The molecule has 1 fully saturated rings. The molecule has 0 radical (unpaired) electrons. The first kappa shape index (κ1) is 13.2. The van der Waals surface area contributed by atoms with E-state index in [9.17, 15) is 13.2 Å². The van der Waals surface area contributed by atoms with Gasteiger partial charge in [0.25, 0.3) is 0 Å². The Bertz CT molecular complexity index is 328. The molecule has 0 spiro atoms. The van der Waals surface area contributed by atoms with Gasteiger partial charge in [-0.2, -0.15) is 0 Å². The standard InChI is InChI=1S/C9H18N2O4S/c1-2-3-4-5-16(13,14)11-7-8-6-10-9(12)15-8/h8,11H,2-7H2,1H3,(H,10,12)/t8-/m1/s1. The van der Waals surface area contributed by atoms with Crippen molar-refractivity contribution in [2.75, 3.05) is 18.8 Å². The van der Waals surface area contributed by atoms with E-state index in [1.807, 2.05) is 6.92 Å². The maximum atomic E-state index is 11.5. The van der Waals surface area contributed by atoms with E-state index in [1.165, 1.54) is 0 Å². The summed E-state index contributed by atoms with van der Waals surface area (Å²) in [6.07, 6.45) is 1.67. The van der Waals surface area contributed by atoms with Gasteiger partial charge in [-0.3, -0.25) is 0 Å². The molecule has 1 aliphatic heterocycles. The van der Waals surface area contributed by atoms with E-state index >= 15 is 0 Å². The smallest absolute Gasteiger partial charge is 0.407 e. The van der Waals surface area contributed by atoms with Gasteiger partial charge in [0.15, 0.2) is 0 Å². The van der Waals surface area contributed by atoms with E-state index in [1.54, 1.807) is 0 Å². The number of carbonyl (C=O) groups is 1. The second-order valence-electron chi connectivity index (χ2n) is 3.78. The zero-order valence-corrected chi connectivity index (χ0v) is 10.2. The first-order chi connectivity index (χ1) is 7.53. The average Bonchev–Trinajstić information content (AvgIpc) is 2.62. The van der Waals surface area contributed by atoms with E-state index in [0.717, 1.165) is 12.8 Å². The summed E-state index contributed by atoms with van der Waals surface area (Å²) in [5.74, 6) is 0.134. The Kier molecular flexibility index (Phi) is 5.01. The molecular weight excluding hydrogens is 232 g/mol. The number of nitrogens with one attached hydrogen (secondary N) is 2. The molecule has 0 aliphatic carbocycles. The van der Waals surface area contributed by atoms with Crippen LogP contribution in [0.15, 0.2) is 0 Å². The van der Waals surface area contributed by atoms with Crippen LogP contribution in [0.3, 0.4) is 0 Å². The van der Waals surface area contributed by atoms with Gasteiger partial charge in [-0.05, 0) is 6.42 Å². The van der Waals surface area contributed by atoms with Crippen LogP contribution in [-0.2, 0) is 14.8 Å². The van der Waals surface area contributed by atoms with Gasteiger partial charge < -0.3 is 10.1 Å². The summed E-state index contributed by atoms with van der Waals surface area (Å²) in [5, 5.41) is 2.46. The van der Waals surface area contributed by atoms with Crippen molar-refractivity contribution in [2.24, 2.45) is 0 Å². The molecule has 1 amide bonds. The number of ether oxygens (including phenoxy) is 1. The van der Waals surface area contributed by atoms with E-state index in [4.69, 9.17) is 4.74 Å². The number of hydrogen-bond acceptors (Lipinski definition) is 4. The monoisotopic (exact) mass is 250 g/mol. The molecule has 6 nitrogen and oxygen atoms in total. The Morgan fingerprint density at radius 1 is 1.50 bits per heavy atom. The number of cyclic esters (lactones) is 1. The third kappa shape index (κ3) is 4.80. The first-order valence-electron chi connectivity index (χ1n) is 5.45. The molecular formula is C9H18N2O4S. The molecule has 2 N–H and O–H groups in total. The van der Waals surface area contributed by atoms with Crippen LogP contribution < -0.4 is 10.0 Å². The summed E-state index contributed by atoms with van der Waals surface area (Å²) in [7, 11) is -3.23. The van der Waals surface area contributed by atoms with E-state index in [0.29, 0.717) is 13.0 Å². The molecule has 0 bridgehead atoms. The van der Waals surface area contributed by atoms with Crippen molar-refractivity contribution >= 4 is 16.1 Å². The van der Waals surface area contributed by atoms with Gasteiger partial charge in [-0.25, -0.2) is 17.9 Å². The number of rotatable bonds is 7. The summed E-state index contributed by atoms with van der Waals surface area (Å²) in [6, 6.07) is 0. The van der Waals surface area contributed by atoms with Crippen molar-refractivity contribution in [3.05, 3.63) is 0 Å². The Labute approximate surface area is 95.8 Å². The fourth-order valence-electron chi connectivity index (χ4n) is 1.38. The van der Waals surface area contributed by atoms with Crippen LogP contribution in [0.1, 0.15) is 26.2 Å². The zero-order chi connectivity index (χ0) is 12.0. The Balaban J connectivity index is 2.22. The van der Waals surface area contributed by atoms with Crippen molar-refractivity contribution < 1.29 is 17.9 Å². The average molecular weight is 250 g/mol. The topological polar surface area (TPSA) is 84.5 Å². The fourth-order valence-corrected chi connectivity index (χ4v) is 2.55. The predicted molar refractivity (Wildman–Crippen MR) is 59.6 cm³/mol. The highest BCUT2D eigenvalue weighted by atomic mass is 32.2. The molecule has 1 aliphatic rings. The van der Waals surface area contributed by atoms with Crippen molar-refractivity contribution in [3.63, 3.8) is 0 Å². The number of unbranched alkanes of at least 4 members (excludes halogenated alkanes) is 2. The molecule has 94 valence electrons. The van der Waals surface area contributed by atoms with Crippen molar-refractivity contribution in [2.45, 2.75) is 32.3 Å².